The molecular weight excluding hydrogens is 260 g/mol. The van der Waals surface area contributed by atoms with E-state index in [1.165, 1.54) is 5.69 Å². The number of hydrogen-bond acceptors (Lipinski definition) is 3. The van der Waals surface area contributed by atoms with Crippen molar-refractivity contribution in [2.45, 2.75) is 47.1 Å². The van der Waals surface area contributed by atoms with E-state index in [1.807, 2.05) is 16.9 Å². The van der Waals surface area contributed by atoms with Crippen LogP contribution in [0.1, 0.15) is 44.8 Å². The van der Waals surface area contributed by atoms with Crippen molar-refractivity contribution in [2.24, 2.45) is 5.92 Å². The highest BCUT2D eigenvalue weighted by atomic mass is 15.3. The molecule has 1 N–H and O–H groups in total. The van der Waals surface area contributed by atoms with Gasteiger partial charge >= 0.3 is 0 Å². The summed E-state index contributed by atoms with van der Waals surface area (Å²) in [6.45, 7) is 10.5. The van der Waals surface area contributed by atoms with Gasteiger partial charge < -0.3 is 5.32 Å². The van der Waals surface area contributed by atoms with Gasteiger partial charge in [0, 0.05) is 18.4 Å². The molecule has 0 amide bonds. The van der Waals surface area contributed by atoms with Crippen molar-refractivity contribution < 1.29 is 0 Å². The average molecular weight is 286 g/mol. The highest BCUT2D eigenvalue weighted by Gasteiger charge is 2.08. The Kier molecular flexibility index (Phi) is 5.51. The Morgan fingerprint density at radius 2 is 1.95 bits per heavy atom. The molecule has 0 radical (unpaired) electrons. The molecule has 0 aliphatic rings. The van der Waals surface area contributed by atoms with Gasteiger partial charge in [-0.25, -0.2) is 4.68 Å². The molecule has 0 aliphatic heterocycles. The molecule has 2 aromatic heterocycles. The van der Waals surface area contributed by atoms with Crippen molar-refractivity contribution in [2.75, 3.05) is 6.54 Å². The molecule has 2 heterocycles. The lowest BCUT2D eigenvalue weighted by atomic mass is 10.2. The maximum atomic E-state index is 4.69. The summed E-state index contributed by atoms with van der Waals surface area (Å²) < 4.78 is 2.05. The molecule has 2 rings (SSSR count). The van der Waals surface area contributed by atoms with Crippen molar-refractivity contribution in [1.82, 2.24) is 20.1 Å². The summed E-state index contributed by atoms with van der Waals surface area (Å²) in [4.78, 5) is 4.44. The first-order valence-corrected chi connectivity index (χ1v) is 7.87. The highest BCUT2D eigenvalue weighted by molar-refractivity contribution is 5.34. The molecule has 114 valence electrons. The van der Waals surface area contributed by atoms with Gasteiger partial charge in [-0.2, -0.15) is 5.10 Å². The van der Waals surface area contributed by atoms with E-state index in [4.69, 9.17) is 0 Å². The molecule has 4 heteroatoms. The van der Waals surface area contributed by atoms with Crippen molar-refractivity contribution in [1.29, 1.82) is 0 Å². The van der Waals surface area contributed by atoms with E-state index in [9.17, 15) is 0 Å². The smallest absolute Gasteiger partial charge is 0.0682 e. The van der Waals surface area contributed by atoms with Crippen molar-refractivity contribution in [3.05, 3.63) is 41.5 Å². The Morgan fingerprint density at radius 3 is 2.62 bits per heavy atom. The van der Waals surface area contributed by atoms with E-state index in [0.717, 1.165) is 43.0 Å². The number of aryl methyl sites for hydroxylation is 2. The molecule has 4 nitrogen and oxygen atoms in total. The first-order chi connectivity index (χ1) is 10.1. The van der Waals surface area contributed by atoms with Crippen molar-refractivity contribution >= 4 is 0 Å². The lowest BCUT2D eigenvalue weighted by Crippen LogP contribution is -2.19. The van der Waals surface area contributed by atoms with Gasteiger partial charge in [-0.05, 0) is 43.5 Å². The normalized spacial score (nSPS) is 11.3. The molecule has 21 heavy (non-hydrogen) atoms. The number of nitrogens with zero attached hydrogens (tertiary/aromatic N) is 3. The SMILES string of the molecule is CCc1cc(CC)n(-c2ccnc(CNCC(C)C)c2)n1. The summed E-state index contributed by atoms with van der Waals surface area (Å²) in [5.74, 6) is 0.651. The topological polar surface area (TPSA) is 42.7 Å². The Morgan fingerprint density at radius 1 is 1.14 bits per heavy atom. The van der Waals surface area contributed by atoms with Crippen LogP contribution in [-0.2, 0) is 19.4 Å². The van der Waals surface area contributed by atoms with Crippen LogP contribution in [0.4, 0.5) is 0 Å². The fraction of sp³-hybridized carbons (Fsp3) is 0.529. The summed E-state index contributed by atoms with van der Waals surface area (Å²) in [6, 6.07) is 6.34. The third kappa shape index (κ3) is 4.14. The maximum Gasteiger partial charge on any atom is 0.0682 e. The van der Waals surface area contributed by atoms with Gasteiger partial charge in [0.25, 0.3) is 0 Å². The summed E-state index contributed by atoms with van der Waals surface area (Å²) >= 11 is 0. The molecule has 2 aromatic rings. The van der Waals surface area contributed by atoms with Gasteiger partial charge in [0.05, 0.1) is 17.1 Å². The van der Waals surface area contributed by atoms with Crippen LogP contribution in [0.25, 0.3) is 5.69 Å². The van der Waals surface area contributed by atoms with Gasteiger partial charge in [0.15, 0.2) is 0 Å². The fourth-order valence-corrected chi connectivity index (χ4v) is 2.31. The number of pyridine rings is 1. The van der Waals surface area contributed by atoms with Gasteiger partial charge in [-0.1, -0.05) is 27.7 Å². The van der Waals surface area contributed by atoms with Crippen LogP contribution in [-0.4, -0.2) is 21.3 Å². The van der Waals surface area contributed by atoms with E-state index in [0.29, 0.717) is 5.92 Å². The van der Waals surface area contributed by atoms with Crippen molar-refractivity contribution in [3.63, 3.8) is 0 Å². The molecule has 0 fully saturated rings. The molecule has 0 aromatic carbocycles. The summed E-state index contributed by atoms with van der Waals surface area (Å²) in [6.07, 6.45) is 3.82. The second kappa shape index (κ2) is 7.36. The van der Waals surface area contributed by atoms with Crippen LogP contribution in [0.15, 0.2) is 24.4 Å². The summed E-state index contributed by atoms with van der Waals surface area (Å²) in [5, 5.41) is 8.12. The standard InChI is InChI=1S/C17H26N4/c1-5-14-9-16(6-2)21(20-14)17-7-8-19-15(10-17)12-18-11-13(3)4/h7-10,13,18H,5-6,11-12H2,1-4H3. The second-order valence-electron chi connectivity index (χ2n) is 5.78. The van der Waals surface area contributed by atoms with E-state index in [2.05, 4.69) is 55.2 Å². The lowest BCUT2D eigenvalue weighted by molar-refractivity contribution is 0.548. The zero-order valence-electron chi connectivity index (χ0n) is 13.6. The fourth-order valence-electron chi connectivity index (χ4n) is 2.31. The molecule has 0 unspecified atom stereocenters. The molecule has 0 saturated carbocycles. The molecule has 0 bridgehead atoms. The Bertz CT molecular complexity index is 572. The lowest BCUT2D eigenvalue weighted by Gasteiger charge is -2.09. The minimum atomic E-state index is 0.651. The van der Waals surface area contributed by atoms with Crippen LogP contribution in [0.5, 0.6) is 0 Å². The number of rotatable bonds is 7. The van der Waals surface area contributed by atoms with Gasteiger partial charge in [-0.15, -0.1) is 0 Å². The zero-order chi connectivity index (χ0) is 15.2. The minimum Gasteiger partial charge on any atom is -0.311 e. The number of nitrogens with one attached hydrogen (secondary N) is 1. The third-order valence-corrected chi connectivity index (χ3v) is 3.46. The summed E-state index contributed by atoms with van der Waals surface area (Å²) in [7, 11) is 0. The Labute approximate surface area is 127 Å². The van der Waals surface area contributed by atoms with Crippen LogP contribution >= 0.6 is 0 Å². The molecule has 0 aliphatic carbocycles. The molecule has 0 spiro atoms. The first kappa shape index (κ1) is 15.7. The maximum absolute atomic E-state index is 4.69. The Balaban J connectivity index is 2.18. The molecular formula is C17H26N4. The van der Waals surface area contributed by atoms with Crippen LogP contribution in [0.3, 0.4) is 0 Å². The first-order valence-electron chi connectivity index (χ1n) is 7.87. The van der Waals surface area contributed by atoms with Crippen LogP contribution < -0.4 is 5.32 Å². The minimum absolute atomic E-state index is 0.651. The number of aromatic nitrogens is 3. The molecule has 0 atom stereocenters. The van der Waals surface area contributed by atoms with Gasteiger partial charge in [-0.3, -0.25) is 4.98 Å². The predicted molar refractivity (Wildman–Crippen MR) is 86.7 cm³/mol. The van der Waals surface area contributed by atoms with E-state index < -0.39 is 0 Å². The van der Waals surface area contributed by atoms with E-state index in [1.54, 1.807) is 0 Å². The third-order valence-electron chi connectivity index (χ3n) is 3.46. The zero-order valence-corrected chi connectivity index (χ0v) is 13.6. The summed E-state index contributed by atoms with van der Waals surface area (Å²) in [5.41, 5.74) is 4.55. The van der Waals surface area contributed by atoms with Crippen molar-refractivity contribution in [3.8, 4) is 5.69 Å². The molecule has 0 saturated heterocycles. The number of hydrogen-bond donors (Lipinski definition) is 1. The highest BCUT2D eigenvalue weighted by Crippen LogP contribution is 2.14. The predicted octanol–water partition coefficient (Wildman–Crippen LogP) is 3.14. The van der Waals surface area contributed by atoms with Gasteiger partial charge in [0.2, 0.25) is 0 Å². The Hall–Kier alpha value is -1.68. The quantitative estimate of drug-likeness (QED) is 0.850. The average Bonchev–Trinajstić information content (AvgIpc) is 2.90. The largest absolute Gasteiger partial charge is 0.311 e. The van der Waals surface area contributed by atoms with Crippen LogP contribution in [0.2, 0.25) is 0 Å². The van der Waals surface area contributed by atoms with Gasteiger partial charge in [0.1, 0.15) is 0 Å². The monoisotopic (exact) mass is 286 g/mol. The van der Waals surface area contributed by atoms with E-state index >= 15 is 0 Å². The van der Waals surface area contributed by atoms with Crippen LogP contribution in [0, 0.1) is 5.92 Å². The second-order valence-corrected chi connectivity index (χ2v) is 5.78. The van der Waals surface area contributed by atoms with E-state index in [-0.39, 0.29) is 0 Å².